The van der Waals surface area contributed by atoms with Gasteiger partial charge in [-0.3, -0.25) is 0 Å². The zero-order chi connectivity index (χ0) is 20.2. The minimum atomic E-state index is -0.570. The summed E-state index contributed by atoms with van der Waals surface area (Å²) in [6, 6.07) is 27.5. The van der Waals surface area contributed by atoms with Gasteiger partial charge in [0.25, 0.3) is 0 Å². The highest BCUT2D eigenvalue weighted by Crippen LogP contribution is 2.58. The minimum absolute atomic E-state index is 0.233. The van der Waals surface area contributed by atoms with Crippen LogP contribution in [0.4, 0.5) is 0 Å². The monoisotopic (exact) mass is 506 g/mol. The summed E-state index contributed by atoms with van der Waals surface area (Å²) in [5.74, 6) is 0.466. The van der Waals surface area contributed by atoms with E-state index in [1.165, 1.54) is 0 Å². The summed E-state index contributed by atoms with van der Waals surface area (Å²) in [7, 11) is 0. The second-order valence-electron chi connectivity index (χ2n) is 7.20. The second-order valence-corrected chi connectivity index (χ2v) is 8.97. The van der Waals surface area contributed by atoms with Crippen molar-refractivity contribution in [2.75, 3.05) is 0 Å². The Hall–Kier alpha value is -2.56. The predicted octanol–water partition coefficient (Wildman–Crippen LogP) is 6.99. The fraction of sp³-hybridized carbons (Fsp3) is 0.0400. The molecule has 1 aliphatic rings. The number of halogens is 2. The summed E-state index contributed by atoms with van der Waals surface area (Å²) in [6.07, 6.45) is 0. The van der Waals surface area contributed by atoms with Crippen LogP contribution >= 0.6 is 31.9 Å². The Morgan fingerprint density at radius 3 is 1.79 bits per heavy atom. The van der Waals surface area contributed by atoms with Crippen molar-refractivity contribution < 1.29 is 10.2 Å². The third kappa shape index (κ3) is 2.66. The van der Waals surface area contributed by atoms with E-state index in [0.29, 0.717) is 0 Å². The van der Waals surface area contributed by atoms with Gasteiger partial charge < -0.3 is 10.2 Å². The Morgan fingerprint density at radius 2 is 1.21 bits per heavy atom. The summed E-state index contributed by atoms with van der Waals surface area (Å²) < 4.78 is 2.04. The molecule has 0 aromatic heterocycles. The van der Waals surface area contributed by atoms with E-state index >= 15 is 0 Å². The predicted molar refractivity (Wildman–Crippen MR) is 122 cm³/mol. The van der Waals surface area contributed by atoms with Gasteiger partial charge in [-0.2, -0.15) is 0 Å². The molecule has 0 saturated heterocycles. The molecule has 5 rings (SSSR count). The fourth-order valence-corrected chi connectivity index (χ4v) is 5.45. The van der Waals surface area contributed by atoms with Crippen LogP contribution in [0.3, 0.4) is 0 Å². The molecule has 4 heteroatoms. The van der Waals surface area contributed by atoms with Crippen LogP contribution in [-0.4, -0.2) is 10.2 Å². The molecule has 0 saturated carbocycles. The first-order valence-electron chi connectivity index (χ1n) is 9.20. The quantitative estimate of drug-likeness (QED) is 0.270. The summed E-state index contributed by atoms with van der Waals surface area (Å²) >= 11 is 7.42. The topological polar surface area (TPSA) is 40.5 Å². The van der Waals surface area contributed by atoms with Gasteiger partial charge in [0.15, 0.2) is 0 Å². The third-order valence-corrected chi connectivity index (χ3v) is 6.83. The normalized spacial score (nSPS) is 13.7. The Bertz CT molecular complexity index is 1180. The maximum absolute atomic E-state index is 9.92. The average molecular weight is 508 g/mol. The molecule has 142 valence electrons. The average Bonchev–Trinajstić information content (AvgIpc) is 3.01. The van der Waals surface area contributed by atoms with Gasteiger partial charge in [0, 0.05) is 14.5 Å². The molecule has 0 heterocycles. The molecule has 29 heavy (non-hydrogen) atoms. The highest BCUT2D eigenvalue weighted by Gasteiger charge is 2.46. The second kappa shape index (κ2) is 6.75. The van der Waals surface area contributed by atoms with Crippen molar-refractivity contribution in [1.82, 2.24) is 0 Å². The molecule has 0 fully saturated rings. The van der Waals surface area contributed by atoms with Gasteiger partial charge in [0.2, 0.25) is 0 Å². The van der Waals surface area contributed by atoms with E-state index in [2.05, 4.69) is 68.3 Å². The molecule has 0 unspecified atom stereocenters. The van der Waals surface area contributed by atoms with Crippen molar-refractivity contribution in [3.63, 3.8) is 0 Å². The largest absolute Gasteiger partial charge is 0.508 e. The van der Waals surface area contributed by atoms with Crippen LogP contribution in [0, 0.1) is 0 Å². The molecular weight excluding hydrogens is 492 g/mol. The van der Waals surface area contributed by atoms with E-state index in [1.807, 2.05) is 24.3 Å². The van der Waals surface area contributed by atoms with Crippen molar-refractivity contribution in [3.8, 4) is 22.6 Å². The summed E-state index contributed by atoms with van der Waals surface area (Å²) in [6.45, 7) is 0. The SMILES string of the molecule is Oc1ccc(C2(c3ccc(O)cc3)c3cc(Br)ccc3-c3c(Br)cccc32)cc1. The van der Waals surface area contributed by atoms with Gasteiger partial charge in [-0.25, -0.2) is 0 Å². The van der Waals surface area contributed by atoms with Crippen molar-refractivity contribution in [3.05, 3.63) is 116 Å². The summed E-state index contributed by atoms with van der Waals surface area (Å²) in [4.78, 5) is 0. The molecule has 2 N–H and O–H groups in total. The summed E-state index contributed by atoms with van der Waals surface area (Å²) in [5, 5.41) is 19.8. The van der Waals surface area contributed by atoms with Crippen LogP contribution in [0.15, 0.2) is 93.9 Å². The van der Waals surface area contributed by atoms with Crippen LogP contribution in [0.1, 0.15) is 22.3 Å². The van der Waals surface area contributed by atoms with E-state index in [0.717, 1.165) is 42.3 Å². The highest BCUT2D eigenvalue weighted by molar-refractivity contribution is 9.10. The Morgan fingerprint density at radius 1 is 0.621 bits per heavy atom. The maximum Gasteiger partial charge on any atom is 0.115 e. The van der Waals surface area contributed by atoms with Gasteiger partial charge in [-0.05, 0) is 70.3 Å². The lowest BCUT2D eigenvalue weighted by Crippen LogP contribution is -2.28. The fourth-order valence-electron chi connectivity index (χ4n) is 4.51. The molecule has 0 amide bonds. The first kappa shape index (κ1) is 18.5. The number of fused-ring (bicyclic) bond motifs is 3. The molecular formula is C25H16Br2O2. The number of phenolic OH excluding ortho intramolecular Hbond substituents is 2. The molecule has 0 radical (unpaired) electrons. The van der Waals surface area contributed by atoms with E-state index < -0.39 is 5.41 Å². The number of hydrogen-bond donors (Lipinski definition) is 2. The first-order chi connectivity index (χ1) is 14.0. The van der Waals surface area contributed by atoms with Gasteiger partial charge in [-0.1, -0.05) is 74.3 Å². The first-order valence-corrected chi connectivity index (χ1v) is 10.8. The maximum atomic E-state index is 9.92. The molecule has 4 aromatic rings. The molecule has 4 aromatic carbocycles. The van der Waals surface area contributed by atoms with Crippen molar-refractivity contribution in [1.29, 1.82) is 0 Å². The van der Waals surface area contributed by atoms with Crippen LogP contribution in [0.25, 0.3) is 11.1 Å². The summed E-state index contributed by atoms with van der Waals surface area (Å²) in [5.41, 5.74) is 6.18. The van der Waals surface area contributed by atoms with Gasteiger partial charge in [0.05, 0.1) is 5.41 Å². The van der Waals surface area contributed by atoms with E-state index in [1.54, 1.807) is 24.3 Å². The van der Waals surface area contributed by atoms with Gasteiger partial charge in [-0.15, -0.1) is 0 Å². The molecule has 0 bridgehead atoms. The van der Waals surface area contributed by atoms with Crippen LogP contribution in [-0.2, 0) is 5.41 Å². The zero-order valence-corrected chi connectivity index (χ0v) is 18.4. The molecule has 0 atom stereocenters. The lowest BCUT2D eigenvalue weighted by molar-refractivity contribution is 0.475. The van der Waals surface area contributed by atoms with Crippen molar-refractivity contribution in [2.24, 2.45) is 0 Å². The van der Waals surface area contributed by atoms with Gasteiger partial charge >= 0.3 is 0 Å². The molecule has 0 spiro atoms. The third-order valence-electron chi connectivity index (χ3n) is 5.67. The van der Waals surface area contributed by atoms with Crippen LogP contribution in [0.5, 0.6) is 11.5 Å². The number of hydrogen-bond acceptors (Lipinski definition) is 2. The van der Waals surface area contributed by atoms with E-state index in [-0.39, 0.29) is 11.5 Å². The highest BCUT2D eigenvalue weighted by atomic mass is 79.9. The molecule has 2 nitrogen and oxygen atoms in total. The lowest BCUT2D eigenvalue weighted by atomic mass is 9.68. The van der Waals surface area contributed by atoms with Crippen LogP contribution < -0.4 is 0 Å². The smallest absolute Gasteiger partial charge is 0.115 e. The minimum Gasteiger partial charge on any atom is -0.508 e. The van der Waals surface area contributed by atoms with Crippen LogP contribution in [0.2, 0.25) is 0 Å². The number of rotatable bonds is 2. The standard InChI is InChI=1S/C25H16Br2O2/c26-17-8-13-20-22(14-17)25(15-4-9-18(28)10-5-15,16-6-11-19(29)12-7-16)21-2-1-3-23(27)24(20)21/h1-14,28-29H. The Balaban J connectivity index is 1.98. The van der Waals surface area contributed by atoms with E-state index in [4.69, 9.17) is 0 Å². The number of benzene rings is 4. The van der Waals surface area contributed by atoms with Crippen molar-refractivity contribution >= 4 is 31.9 Å². The lowest BCUT2D eigenvalue weighted by Gasteiger charge is -2.34. The van der Waals surface area contributed by atoms with Crippen molar-refractivity contribution in [2.45, 2.75) is 5.41 Å². The Kier molecular flexibility index (Phi) is 4.30. The molecule has 0 aliphatic heterocycles. The Labute approximate surface area is 185 Å². The zero-order valence-electron chi connectivity index (χ0n) is 15.2. The van der Waals surface area contributed by atoms with E-state index in [9.17, 15) is 10.2 Å². The number of aromatic hydroxyl groups is 2. The number of phenols is 2. The van der Waals surface area contributed by atoms with Gasteiger partial charge in [0.1, 0.15) is 11.5 Å². The molecule has 1 aliphatic carbocycles.